The number of rotatable bonds is 4. The Morgan fingerprint density at radius 2 is 1.91 bits per heavy atom. The summed E-state index contributed by atoms with van der Waals surface area (Å²) in [7, 11) is 0. The molecule has 1 aliphatic carbocycles. The molecule has 0 bridgehead atoms. The molecular formula is C21H27NO. The number of aliphatic hydroxyl groups is 1. The van der Waals surface area contributed by atoms with E-state index in [-0.39, 0.29) is 12.0 Å². The second-order valence-electron chi connectivity index (χ2n) is 5.96. The summed E-state index contributed by atoms with van der Waals surface area (Å²) < 4.78 is 0. The summed E-state index contributed by atoms with van der Waals surface area (Å²) in [5.74, 6) is 0.657. The molecule has 0 aromatic heterocycles. The highest BCUT2D eigenvalue weighted by molar-refractivity contribution is 5.31. The third-order valence-electron chi connectivity index (χ3n) is 4.42. The fourth-order valence-corrected chi connectivity index (χ4v) is 3.32. The third kappa shape index (κ3) is 4.58. The van der Waals surface area contributed by atoms with Crippen molar-refractivity contribution in [1.82, 2.24) is 4.90 Å². The Bertz CT molecular complexity index is 617. The van der Waals surface area contributed by atoms with Crippen LogP contribution in [0.3, 0.4) is 0 Å². The molecule has 1 aliphatic heterocycles. The molecule has 3 atom stereocenters. The summed E-state index contributed by atoms with van der Waals surface area (Å²) in [6.07, 6.45) is 5.73. The van der Waals surface area contributed by atoms with E-state index in [2.05, 4.69) is 46.7 Å². The van der Waals surface area contributed by atoms with Crippen LogP contribution in [0.15, 0.2) is 65.6 Å². The highest BCUT2D eigenvalue weighted by atomic mass is 16.3. The minimum absolute atomic E-state index is 0.282. The van der Waals surface area contributed by atoms with E-state index in [1.165, 1.54) is 11.1 Å². The Morgan fingerprint density at radius 3 is 2.52 bits per heavy atom. The number of likely N-dealkylation sites (tertiary alicyclic amines) is 1. The molecule has 1 aromatic carbocycles. The predicted octanol–water partition coefficient (Wildman–Crippen LogP) is 3.95. The van der Waals surface area contributed by atoms with Crippen LogP contribution in [-0.4, -0.2) is 29.2 Å². The molecule has 1 aromatic rings. The van der Waals surface area contributed by atoms with E-state index in [1.54, 1.807) is 0 Å². The Labute approximate surface area is 140 Å². The molecule has 0 spiro atoms. The van der Waals surface area contributed by atoms with Crippen LogP contribution in [0.4, 0.5) is 0 Å². The van der Waals surface area contributed by atoms with Gasteiger partial charge in [-0.2, -0.15) is 0 Å². The van der Waals surface area contributed by atoms with Crippen LogP contribution in [0.1, 0.15) is 26.3 Å². The summed E-state index contributed by atoms with van der Waals surface area (Å²) in [4.78, 5) is 2.44. The van der Waals surface area contributed by atoms with Gasteiger partial charge in [-0.15, -0.1) is 0 Å². The van der Waals surface area contributed by atoms with Crippen molar-refractivity contribution >= 4 is 0 Å². The lowest BCUT2D eigenvalue weighted by molar-refractivity contribution is 0.114. The van der Waals surface area contributed by atoms with Crippen LogP contribution in [0, 0.1) is 11.8 Å². The lowest BCUT2D eigenvalue weighted by Gasteiger charge is -2.21. The third-order valence-corrected chi connectivity index (χ3v) is 4.42. The number of hydrogen-bond acceptors (Lipinski definition) is 2. The van der Waals surface area contributed by atoms with E-state index in [0.29, 0.717) is 5.92 Å². The number of allylic oxidation sites excluding steroid dienone is 3. The van der Waals surface area contributed by atoms with E-state index in [1.807, 2.05) is 39.0 Å². The van der Waals surface area contributed by atoms with Crippen LogP contribution in [-0.2, 0) is 6.54 Å². The van der Waals surface area contributed by atoms with E-state index >= 15 is 0 Å². The lowest BCUT2D eigenvalue weighted by atomic mass is 9.85. The largest absolute Gasteiger partial charge is 0.393 e. The zero-order valence-corrected chi connectivity index (χ0v) is 14.4. The van der Waals surface area contributed by atoms with Crippen molar-refractivity contribution < 1.29 is 5.11 Å². The molecule has 2 nitrogen and oxygen atoms in total. The molecule has 2 heteroatoms. The van der Waals surface area contributed by atoms with E-state index < -0.39 is 0 Å². The van der Waals surface area contributed by atoms with Crippen molar-refractivity contribution in [3.05, 3.63) is 71.2 Å². The highest BCUT2D eigenvalue weighted by Gasteiger charge is 2.36. The van der Waals surface area contributed by atoms with Gasteiger partial charge in [-0.25, -0.2) is 0 Å². The fourth-order valence-electron chi connectivity index (χ4n) is 3.32. The van der Waals surface area contributed by atoms with Gasteiger partial charge in [0.1, 0.15) is 0 Å². The molecule has 1 heterocycles. The molecule has 0 saturated carbocycles. The molecular weight excluding hydrogens is 282 g/mol. The summed E-state index contributed by atoms with van der Waals surface area (Å²) in [6.45, 7) is 8.78. The van der Waals surface area contributed by atoms with Crippen LogP contribution >= 0.6 is 0 Å². The maximum Gasteiger partial charge on any atom is 0.0558 e. The number of benzene rings is 1. The normalized spacial score (nSPS) is 24.1. The van der Waals surface area contributed by atoms with Gasteiger partial charge in [0, 0.05) is 31.5 Å². The van der Waals surface area contributed by atoms with Crippen molar-refractivity contribution in [3.63, 3.8) is 0 Å². The molecule has 0 unspecified atom stereocenters. The van der Waals surface area contributed by atoms with Gasteiger partial charge in [-0.3, -0.25) is 4.90 Å². The summed E-state index contributed by atoms with van der Waals surface area (Å²) in [6, 6.07) is 10.5. The average molecular weight is 309 g/mol. The standard InChI is InChI=1S/C19H21NO.C2H6/c1-15(21)18-13-20(12-16-8-4-2-5-9-16)14-19(18)17-10-6-3-7-11-17;1-2/h2,4-6,8-11,15,18-19,21H,12-14H2,1H3;1-2H3/t15-,18+,19+;/m1./s1. The first-order valence-corrected chi connectivity index (χ1v) is 8.56. The van der Waals surface area contributed by atoms with Crippen LogP contribution < -0.4 is 0 Å². The lowest BCUT2D eigenvalue weighted by Crippen LogP contribution is -2.26. The first kappa shape index (κ1) is 17.5. The molecule has 3 rings (SSSR count). The van der Waals surface area contributed by atoms with Gasteiger partial charge < -0.3 is 5.11 Å². The van der Waals surface area contributed by atoms with E-state index in [9.17, 15) is 5.11 Å². The first-order valence-electron chi connectivity index (χ1n) is 8.56. The van der Waals surface area contributed by atoms with Crippen molar-refractivity contribution in [3.8, 4) is 0 Å². The molecule has 1 fully saturated rings. The average Bonchev–Trinajstić information content (AvgIpc) is 3.02. The maximum absolute atomic E-state index is 10.1. The molecule has 23 heavy (non-hydrogen) atoms. The maximum atomic E-state index is 10.1. The quantitative estimate of drug-likeness (QED) is 0.851. The van der Waals surface area contributed by atoms with Crippen molar-refractivity contribution in [1.29, 1.82) is 0 Å². The molecule has 0 amide bonds. The number of hydrogen-bond donors (Lipinski definition) is 1. The van der Waals surface area contributed by atoms with E-state index in [0.717, 1.165) is 19.6 Å². The second-order valence-corrected chi connectivity index (χ2v) is 5.96. The minimum Gasteiger partial charge on any atom is -0.393 e. The van der Waals surface area contributed by atoms with Gasteiger partial charge >= 0.3 is 0 Å². The molecule has 122 valence electrons. The predicted molar refractivity (Wildman–Crippen MR) is 96.0 cm³/mol. The topological polar surface area (TPSA) is 23.5 Å². The van der Waals surface area contributed by atoms with Gasteiger partial charge in [-0.1, -0.05) is 55.6 Å². The Balaban J connectivity index is 0.000000924. The second kappa shape index (κ2) is 8.72. The summed E-state index contributed by atoms with van der Waals surface area (Å²) in [5, 5.41) is 10.1. The van der Waals surface area contributed by atoms with Crippen molar-refractivity contribution in [2.45, 2.75) is 33.4 Å². The molecule has 1 N–H and O–H groups in total. The minimum atomic E-state index is -0.292. The summed E-state index contributed by atoms with van der Waals surface area (Å²) >= 11 is 0. The molecule has 2 aliphatic rings. The Kier molecular flexibility index (Phi) is 6.65. The number of aliphatic hydroxyl groups excluding tert-OH is 1. The summed E-state index contributed by atoms with van der Waals surface area (Å²) in [5.41, 5.74) is 8.58. The zero-order valence-electron chi connectivity index (χ0n) is 14.4. The number of nitrogens with zero attached hydrogens (tertiary/aromatic N) is 1. The first-order chi connectivity index (χ1) is 11.2. The van der Waals surface area contributed by atoms with Gasteiger partial charge in [0.2, 0.25) is 0 Å². The Morgan fingerprint density at radius 1 is 1.17 bits per heavy atom. The van der Waals surface area contributed by atoms with Crippen molar-refractivity contribution in [2.24, 2.45) is 11.8 Å². The molecule has 1 saturated heterocycles. The highest BCUT2D eigenvalue weighted by Crippen LogP contribution is 2.33. The SMILES string of the molecule is CC.C[C@@H](O)[C@@H]1CN(Cc2ccccc2)C[C@H]1C1=CC=C=C=C1. The van der Waals surface area contributed by atoms with Gasteiger partial charge in [0.15, 0.2) is 0 Å². The van der Waals surface area contributed by atoms with E-state index in [4.69, 9.17) is 0 Å². The Hall–Kier alpha value is -1.82. The zero-order chi connectivity index (χ0) is 16.7. The van der Waals surface area contributed by atoms with Crippen LogP contribution in [0.2, 0.25) is 0 Å². The van der Waals surface area contributed by atoms with Crippen molar-refractivity contribution in [2.75, 3.05) is 13.1 Å². The van der Waals surface area contributed by atoms with Gasteiger partial charge in [-0.05, 0) is 36.3 Å². The monoisotopic (exact) mass is 309 g/mol. The molecule has 0 radical (unpaired) electrons. The van der Waals surface area contributed by atoms with Gasteiger partial charge in [0.05, 0.1) is 6.10 Å². The fraction of sp³-hybridized carbons (Fsp3) is 0.429. The van der Waals surface area contributed by atoms with Crippen LogP contribution in [0.5, 0.6) is 0 Å². The smallest absolute Gasteiger partial charge is 0.0558 e. The van der Waals surface area contributed by atoms with Crippen LogP contribution in [0.25, 0.3) is 0 Å². The van der Waals surface area contributed by atoms with Gasteiger partial charge in [0.25, 0.3) is 0 Å².